The Morgan fingerprint density at radius 2 is 2.07 bits per heavy atom. The van der Waals surface area contributed by atoms with Crippen LogP contribution >= 0.6 is 0 Å². The first-order valence-electron chi connectivity index (χ1n) is 4.79. The van der Waals surface area contributed by atoms with E-state index in [9.17, 15) is 14.6 Å². The number of hydrogen-bond donors (Lipinski definition) is 2. The van der Waals surface area contributed by atoms with E-state index in [4.69, 9.17) is 4.74 Å². The van der Waals surface area contributed by atoms with Gasteiger partial charge in [0.15, 0.2) is 11.6 Å². The van der Waals surface area contributed by atoms with Gasteiger partial charge in [-0.05, 0) is 24.1 Å². The van der Waals surface area contributed by atoms with E-state index in [1.807, 2.05) is 0 Å². The minimum Gasteiger partial charge on any atom is -0.494 e. The van der Waals surface area contributed by atoms with Crippen molar-refractivity contribution < 1.29 is 19.3 Å². The lowest BCUT2D eigenvalue weighted by atomic mass is 10.0. The average Bonchev–Trinajstić information content (AvgIpc) is 2.26. The summed E-state index contributed by atoms with van der Waals surface area (Å²) in [5.41, 5.74) is 0.350. The molecule has 1 aromatic carbocycles. The number of rotatable bonds is 4. The van der Waals surface area contributed by atoms with Gasteiger partial charge in [0.2, 0.25) is 0 Å². The first kappa shape index (κ1) is 11.9. The van der Waals surface area contributed by atoms with Crippen LogP contribution in [0, 0.1) is 5.82 Å². The number of benzene rings is 1. The largest absolute Gasteiger partial charge is 0.494 e. The highest BCUT2D eigenvalue weighted by molar-refractivity contribution is 5.30. The van der Waals surface area contributed by atoms with E-state index in [-0.39, 0.29) is 5.75 Å². The van der Waals surface area contributed by atoms with E-state index in [0.29, 0.717) is 12.0 Å². The summed E-state index contributed by atoms with van der Waals surface area (Å²) in [7, 11) is 1.37. The average molecular weight is 214 g/mol. The molecule has 0 aliphatic rings. The van der Waals surface area contributed by atoms with Gasteiger partial charge in [-0.25, -0.2) is 4.39 Å². The van der Waals surface area contributed by atoms with Crippen LogP contribution in [-0.2, 0) is 0 Å². The highest BCUT2D eigenvalue weighted by atomic mass is 19.1. The molecule has 84 valence electrons. The number of methoxy groups -OCH3 is 1. The van der Waals surface area contributed by atoms with Crippen LogP contribution in [0.25, 0.3) is 0 Å². The lowest BCUT2D eigenvalue weighted by Crippen LogP contribution is -2.17. The number of halogens is 1. The van der Waals surface area contributed by atoms with Crippen molar-refractivity contribution >= 4 is 0 Å². The van der Waals surface area contributed by atoms with E-state index >= 15 is 0 Å². The van der Waals surface area contributed by atoms with Crippen LogP contribution in [0.15, 0.2) is 18.2 Å². The van der Waals surface area contributed by atoms with Crippen LogP contribution in [0.1, 0.15) is 25.0 Å². The summed E-state index contributed by atoms with van der Waals surface area (Å²) in [6.07, 6.45) is -1.53. The van der Waals surface area contributed by atoms with Gasteiger partial charge < -0.3 is 14.9 Å². The Kier molecular flexibility index (Phi) is 4.05. The SMILES string of the molecule is CCC(O)C(O)c1ccc(OC)c(F)c1. The fourth-order valence-corrected chi connectivity index (χ4v) is 1.31. The van der Waals surface area contributed by atoms with E-state index < -0.39 is 18.0 Å². The summed E-state index contributed by atoms with van der Waals surface area (Å²) in [6, 6.07) is 4.13. The van der Waals surface area contributed by atoms with E-state index in [0.717, 1.165) is 0 Å². The molecule has 0 spiro atoms. The molecule has 2 unspecified atom stereocenters. The molecule has 3 nitrogen and oxygen atoms in total. The molecule has 15 heavy (non-hydrogen) atoms. The van der Waals surface area contributed by atoms with Gasteiger partial charge in [-0.2, -0.15) is 0 Å². The van der Waals surface area contributed by atoms with Gasteiger partial charge in [-0.3, -0.25) is 0 Å². The highest BCUT2D eigenvalue weighted by Gasteiger charge is 2.17. The third kappa shape index (κ3) is 2.67. The fraction of sp³-hybridized carbons (Fsp3) is 0.455. The van der Waals surface area contributed by atoms with Gasteiger partial charge in [0.25, 0.3) is 0 Å². The molecule has 0 aliphatic carbocycles. The molecular formula is C11H15FO3. The smallest absolute Gasteiger partial charge is 0.165 e. The summed E-state index contributed by atoms with van der Waals surface area (Å²) >= 11 is 0. The molecule has 1 aromatic rings. The van der Waals surface area contributed by atoms with Crippen LogP contribution in [0.2, 0.25) is 0 Å². The first-order chi connectivity index (χ1) is 7.10. The molecule has 0 saturated carbocycles. The zero-order valence-electron chi connectivity index (χ0n) is 8.77. The summed E-state index contributed by atoms with van der Waals surface area (Å²) in [5.74, 6) is -0.422. The summed E-state index contributed by atoms with van der Waals surface area (Å²) in [5, 5.41) is 19.0. The van der Waals surface area contributed by atoms with Crippen LogP contribution in [0.4, 0.5) is 4.39 Å². The molecule has 0 bridgehead atoms. The van der Waals surface area contributed by atoms with Crippen molar-refractivity contribution in [2.75, 3.05) is 7.11 Å². The van der Waals surface area contributed by atoms with Crippen molar-refractivity contribution in [1.82, 2.24) is 0 Å². The Labute approximate surface area is 88.1 Å². The minimum absolute atomic E-state index is 0.122. The summed E-state index contributed by atoms with van der Waals surface area (Å²) in [6.45, 7) is 1.74. The Bertz CT molecular complexity index is 328. The molecule has 0 amide bonds. The van der Waals surface area contributed by atoms with Gasteiger partial charge >= 0.3 is 0 Å². The summed E-state index contributed by atoms with van der Waals surface area (Å²) < 4.78 is 18.0. The third-order valence-corrected chi connectivity index (χ3v) is 2.30. The van der Waals surface area contributed by atoms with Crippen molar-refractivity contribution in [3.8, 4) is 5.75 Å². The molecule has 0 radical (unpaired) electrons. The molecule has 0 aliphatic heterocycles. The Morgan fingerprint density at radius 3 is 2.53 bits per heavy atom. The quantitative estimate of drug-likeness (QED) is 0.801. The highest BCUT2D eigenvalue weighted by Crippen LogP contribution is 2.24. The predicted molar refractivity (Wildman–Crippen MR) is 54.2 cm³/mol. The topological polar surface area (TPSA) is 49.7 Å². The molecule has 0 heterocycles. The normalized spacial score (nSPS) is 14.7. The lowest BCUT2D eigenvalue weighted by molar-refractivity contribution is 0.0163. The first-order valence-corrected chi connectivity index (χ1v) is 4.79. The minimum atomic E-state index is -1.06. The second-order valence-electron chi connectivity index (χ2n) is 3.31. The maximum absolute atomic E-state index is 13.3. The van der Waals surface area contributed by atoms with Crippen LogP contribution < -0.4 is 4.74 Å². The third-order valence-electron chi connectivity index (χ3n) is 2.30. The van der Waals surface area contributed by atoms with Crippen molar-refractivity contribution in [2.45, 2.75) is 25.6 Å². The molecule has 0 fully saturated rings. The zero-order chi connectivity index (χ0) is 11.4. The fourth-order valence-electron chi connectivity index (χ4n) is 1.31. The summed E-state index contributed by atoms with van der Waals surface area (Å²) in [4.78, 5) is 0. The molecule has 2 N–H and O–H groups in total. The predicted octanol–water partition coefficient (Wildman–Crippen LogP) is 1.64. The van der Waals surface area contributed by atoms with Gasteiger partial charge in [0, 0.05) is 0 Å². The second-order valence-corrected chi connectivity index (χ2v) is 3.31. The molecule has 2 atom stereocenters. The van der Waals surface area contributed by atoms with Gasteiger partial charge in [0.05, 0.1) is 13.2 Å². The van der Waals surface area contributed by atoms with Crippen molar-refractivity contribution in [3.05, 3.63) is 29.6 Å². The van der Waals surface area contributed by atoms with Gasteiger partial charge in [0.1, 0.15) is 6.10 Å². The molecule has 0 aromatic heterocycles. The van der Waals surface area contributed by atoms with E-state index in [1.165, 1.54) is 25.3 Å². The Morgan fingerprint density at radius 1 is 1.40 bits per heavy atom. The van der Waals surface area contributed by atoms with Crippen LogP contribution in [0.5, 0.6) is 5.75 Å². The van der Waals surface area contributed by atoms with Crippen LogP contribution in [0.3, 0.4) is 0 Å². The Balaban J connectivity index is 2.92. The monoisotopic (exact) mass is 214 g/mol. The van der Waals surface area contributed by atoms with Crippen molar-refractivity contribution in [3.63, 3.8) is 0 Å². The second kappa shape index (κ2) is 5.09. The lowest BCUT2D eigenvalue weighted by Gasteiger charge is -2.16. The number of aliphatic hydroxyl groups excluding tert-OH is 2. The van der Waals surface area contributed by atoms with Gasteiger partial charge in [-0.15, -0.1) is 0 Å². The van der Waals surface area contributed by atoms with Crippen molar-refractivity contribution in [2.24, 2.45) is 0 Å². The maximum atomic E-state index is 13.3. The Hall–Kier alpha value is -1.13. The van der Waals surface area contributed by atoms with E-state index in [1.54, 1.807) is 6.92 Å². The van der Waals surface area contributed by atoms with Gasteiger partial charge in [-0.1, -0.05) is 13.0 Å². The molecular weight excluding hydrogens is 199 g/mol. The molecule has 1 rings (SSSR count). The standard InChI is InChI=1S/C11H15FO3/c1-3-9(13)11(14)7-4-5-10(15-2)8(12)6-7/h4-6,9,11,13-14H,3H2,1-2H3. The van der Waals surface area contributed by atoms with Crippen LogP contribution in [-0.4, -0.2) is 23.4 Å². The zero-order valence-corrected chi connectivity index (χ0v) is 8.77. The number of aliphatic hydroxyl groups is 2. The maximum Gasteiger partial charge on any atom is 0.165 e. The molecule has 0 saturated heterocycles. The van der Waals surface area contributed by atoms with E-state index in [2.05, 4.69) is 0 Å². The van der Waals surface area contributed by atoms with Crippen molar-refractivity contribution in [1.29, 1.82) is 0 Å². The number of hydrogen-bond acceptors (Lipinski definition) is 3. The molecule has 4 heteroatoms. The number of ether oxygens (including phenoxy) is 1.